The minimum Gasteiger partial charge on any atom is -0.480 e. The summed E-state index contributed by atoms with van der Waals surface area (Å²) in [6, 6.07) is 10.9. The molecule has 3 N–H and O–H groups in total. The standard InChI is InChI=1S/C27H20Cl2F3N7O2.C5H10O/c1-39-26(40)21-13(11-35-39)9-20(27(30,31)32)38-24(21)36-17-8-4-6-15(23(17)29)14-5-3-7-16(22(14)28)19-12-34-18(10-33)25(37-19)41-2;1-2-4-6-5-3-1/h3-9,11-12H,10,33H2,1-2H3,(H,36,38);1-5H2. The highest BCUT2D eigenvalue weighted by molar-refractivity contribution is 6.39. The Morgan fingerprint density at radius 1 is 1.00 bits per heavy atom. The molecule has 0 radical (unpaired) electrons. The SMILES string of the molecule is C1CCOCC1.COc1nc(-c2cccc(-c3cccc(Nc4nc(C(F)(F)F)cc5cnn(C)c(=O)c45)c3Cl)c2Cl)cnc1CN. The first-order valence-electron chi connectivity index (χ1n) is 14.5. The largest absolute Gasteiger partial charge is 0.480 e. The molecule has 246 valence electrons. The number of halogens is 5. The number of rotatable bonds is 6. The summed E-state index contributed by atoms with van der Waals surface area (Å²) in [5.74, 6) is -0.0584. The van der Waals surface area contributed by atoms with E-state index in [2.05, 4.69) is 25.4 Å². The van der Waals surface area contributed by atoms with Gasteiger partial charge in [-0.1, -0.05) is 53.5 Å². The number of anilines is 2. The number of pyridine rings is 1. The Labute approximate surface area is 277 Å². The minimum absolute atomic E-state index is 0.0295. The zero-order valence-electron chi connectivity index (χ0n) is 25.4. The van der Waals surface area contributed by atoms with Crippen molar-refractivity contribution in [2.45, 2.75) is 32.0 Å². The molecule has 0 aliphatic carbocycles. The average molecular weight is 689 g/mol. The maximum Gasteiger partial charge on any atom is 0.433 e. The lowest BCUT2D eigenvalue weighted by Gasteiger charge is -2.16. The normalized spacial score (nSPS) is 13.2. The van der Waals surface area contributed by atoms with Gasteiger partial charge >= 0.3 is 6.18 Å². The van der Waals surface area contributed by atoms with E-state index in [1.54, 1.807) is 36.4 Å². The van der Waals surface area contributed by atoms with Crippen LogP contribution in [0.25, 0.3) is 33.2 Å². The molecule has 6 rings (SSSR count). The van der Waals surface area contributed by atoms with Gasteiger partial charge in [-0.3, -0.25) is 9.78 Å². The van der Waals surface area contributed by atoms with Crippen molar-refractivity contribution in [1.82, 2.24) is 24.7 Å². The fourth-order valence-corrected chi connectivity index (χ4v) is 5.51. The number of aryl methyl sites for hydroxylation is 1. The number of benzene rings is 2. The second-order valence-corrected chi connectivity index (χ2v) is 11.2. The van der Waals surface area contributed by atoms with Crippen LogP contribution < -0.4 is 21.3 Å². The van der Waals surface area contributed by atoms with Gasteiger partial charge < -0.3 is 20.5 Å². The summed E-state index contributed by atoms with van der Waals surface area (Å²) in [4.78, 5) is 25.3. The number of nitrogens with zero attached hydrogens (tertiary/aromatic N) is 5. The van der Waals surface area contributed by atoms with E-state index in [9.17, 15) is 18.0 Å². The van der Waals surface area contributed by atoms with Gasteiger partial charge in [-0.15, -0.1) is 0 Å². The molecule has 4 heterocycles. The van der Waals surface area contributed by atoms with Crippen LogP contribution in [0.5, 0.6) is 5.88 Å². The van der Waals surface area contributed by atoms with Crippen LogP contribution in [0.1, 0.15) is 30.7 Å². The predicted molar refractivity (Wildman–Crippen MR) is 175 cm³/mol. The molecule has 1 saturated heterocycles. The van der Waals surface area contributed by atoms with Gasteiger partial charge in [0.15, 0.2) is 0 Å². The highest BCUT2D eigenvalue weighted by Crippen LogP contribution is 2.42. The van der Waals surface area contributed by atoms with Crippen molar-refractivity contribution >= 4 is 45.5 Å². The second kappa shape index (κ2) is 14.6. The smallest absolute Gasteiger partial charge is 0.433 e. The zero-order valence-corrected chi connectivity index (χ0v) is 26.9. The molecule has 47 heavy (non-hydrogen) atoms. The van der Waals surface area contributed by atoms with Crippen molar-refractivity contribution in [3.8, 4) is 28.3 Å². The van der Waals surface area contributed by atoms with Gasteiger partial charge in [-0.2, -0.15) is 18.3 Å². The first-order valence-corrected chi connectivity index (χ1v) is 15.3. The summed E-state index contributed by atoms with van der Waals surface area (Å²) >= 11 is 13.6. The second-order valence-electron chi connectivity index (χ2n) is 10.4. The Morgan fingerprint density at radius 3 is 2.30 bits per heavy atom. The summed E-state index contributed by atoms with van der Waals surface area (Å²) in [6.45, 7) is 2.14. The van der Waals surface area contributed by atoms with Crippen LogP contribution in [0.4, 0.5) is 24.7 Å². The molecule has 0 bridgehead atoms. The predicted octanol–water partition coefficient (Wildman–Crippen LogP) is 7.18. The van der Waals surface area contributed by atoms with E-state index in [-0.39, 0.29) is 39.7 Å². The van der Waals surface area contributed by atoms with Crippen molar-refractivity contribution < 1.29 is 22.6 Å². The van der Waals surface area contributed by atoms with Crippen LogP contribution in [-0.2, 0) is 24.5 Å². The Bertz CT molecular complexity index is 1960. The number of nitrogens with one attached hydrogen (secondary N) is 1. The van der Waals surface area contributed by atoms with E-state index < -0.39 is 17.4 Å². The van der Waals surface area contributed by atoms with Gasteiger partial charge in [0.2, 0.25) is 5.88 Å². The molecule has 0 unspecified atom stereocenters. The van der Waals surface area contributed by atoms with E-state index >= 15 is 0 Å². The third-order valence-electron chi connectivity index (χ3n) is 7.31. The van der Waals surface area contributed by atoms with Crippen LogP contribution >= 0.6 is 23.2 Å². The van der Waals surface area contributed by atoms with E-state index in [4.69, 9.17) is 38.4 Å². The van der Waals surface area contributed by atoms with Gasteiger partial charge in [0.05, 0.1) is 46.3 Å². The lowest BCUT2D eigenvalue weighted by Crippen LogP contribution is -2.21. The topological polar surface area (TPSA) is 130 Å². The molecular weight excluding hydrogens is 658 g/mol. The van der Waals surface area contributed by atoms with E-state index in [0.717, 1.165) is 24.0 Å². The Morgan fingerprint density at radius 2 is 1.68 bits per heavy atom. The molecule has 1 fully saturated rings. The summed E-state index contributed by atoms with van der Waals surface area (Å²) in [7, 11) is 2.84. The van der Waals surface area contributed by atoms with Crippen molar-refractivity contribution in [3.05, 3.63) is 86.6 Å². The molecule has 1 aliphatic rings. The molecule has 0 atom stereocenters. The molecule has 0 amide bonds. The van der Waals surface area contributed by atoms with E-state index in [1.807, 2.05) is 0 Å². The van der Waals surface area contributed by atoms with E-state index in [0.29, 0.717) is 33.1 Å². The number of hydrogen-bond acceptors (Lipinski definition) is 9. The van der Waals surface area contributed by atoms with Crippen LogP contribution in [0.3, 0.4) is 0 Å². The Hall–Kier alpha value is -4.30. The summed E-state index contributed by atoms with van der Waals surface area (Å²) in [5, 5.41) is 6.97. The fraction of sp³-hybridized carbons (Fsp3) is 0.281. The number of fused-ring (bicyclic) bond motifs is 1. The van der Waals surface area contributed by atoms with Crippen LogP contribution in [0.2, 0.25) is 10.0 Å². The number of aromatic nitrogens is 5. The monoisotopic (exact) mass is 687 g/mol. The lowest BCUT2D eigenvalue weighted by molar-refractivity contribution is -0.140. The van der Waals surface area contributed by atoms with E-state index in [1.165, 1.54) is 45.8 Å². The van der Waals surface area contributed by atoms with Crippen molar-refractivity contribution in [3.63, 3.8) is 0 Å². The summed E-state index contributed by atoms with van der Waals surface area (Å²) in [5.41, 5.74) is 6.50. The first-order chi connectivity index (χ1) is 22.5. The molecule has 15 heteroatoms. The highest BCUT2D eigenvalue weighted by Gasteiger charge is 2.34. The molecule has 3 aromatic heterocycles. The van der Waals surface area contributed by atoms with Crippen LogP contribution in [0, 0.1) is 0 Å². The maximum atomic E-state index is 13.6. The zero-order chi connectivity index (χ0) is 33.7. The number of alkyl halides is 3. The molecule has 10 nitrogen and oxygen atoms in total. The highest BCUT2D eigenvalue weighted by atomic mass is 35.5. The number of hydrogen-bond donors (Lipinski definition) is 2. The Kier molecular flexibility index (Phi) is 10.6. The molecule has 5 aromatic rings. The molecule has 1 aliphatic heterocycles. The lowest BCUT2D eigenvalue weighted by atomic mass is 10.0. The quantitative estimate of drug-likeness (QED) is 0.191. The first kappa shape index (κ1) is 34.0. The van der Waals surface area contributed by atoms with Crippen molar-refractivity contribution in [2.24, 2.45) is 12.8 Å². The Balaban J connectivity index is 0.000000650. The summed E-state index contributed by atoms with van der Waals surface area (Å²) in [6.07, 6.45) is 1.86. The minimum atomic E-state index is -4.76. The number of nitrogens with two attached hydrogens (primary N) is 1. The third kappa shape index (κ3) is 7.49. The van der Waals surface area contributed by atoms with Crippen LogP contribution in [0.15, 0.2) is 59.7 Å². The van der Waals surface area contributed by atoms with Crippen LogP contribution in [-0.4, -0.2) is 45.1 Å². The third-order valence-corrected chi connectivity index (χ3v) is 8.12. The number of methoxy groups -OCH3 is 1. The van der Waals surface area contributed by atoms with Gasteiger partial charge in [0.25, 0.3) is 5.56 Å². The summed E-state index contributed by atoms with van der Waals surface area (Å²) < 4.78 is 52.3. The van der Waals surface area contributed by atoms with Gasteiger partial charge in [-0.05, 0) is 31.4 Å². The fourth-order valence-electron chi connectivity index (χ4n) is 4.91. The van der Waals surface area contributed by atoms with Crippen molar-refractivity contribution in [1.29, 1.82) is 0 Å². The van der Waals surface area contributed by atoms with Crippen molar-refractivity contribution in [2.75, 3.05) is 25.6 Å². The number of ether oxygens (including phenoxy) is 2. The average Bonchev–Trinajstić information content (AvgIpc) is 3.08. The molecule has 0 spiro atoms. The maximum absolute atomic E-state index is 13.6. The van der Waals surface area contributed by atoms with Gasteiger partial charge in [-0.25, -0.2) is 14.6 Å². The molecule has 2 aromatic carbocycles. The molecule has 0 saturated carbocycles. The van der Waals surface area contributed by atoms with Gasteiger partial charge in [0.1, 0.15) is 17.2 Å². The van der Waals surface area contributed by atoms with Gasteiger partial charge in [0, 0.05) is 48.9 Å². The molecular formula is C32H30Cl2F3N7O3.